The van der Waals surface area contributed by atoms with Crippen molar-refractivity contribution in [3.05, 3.63) is 68.0 Å². The van der Waals surface area contributed by atoms with Crippen LogP contribution < -0.4 is 5.76 Å². The van der Waals surface area contributed by atoms with Crippen molar-refractivity contribution in [1.29, 1.82) is 0 Å². The molecule has 0 radical (unpaired) electrons. The fourth-order valence-corrected chi connectivity index (χ4v) is 2.49. The number of aromatic nitrogens is 2. The molecule has 0 aliphatic heterocycles. The number of non-ortho nitro benzene ring substituents is 1. The minimum Gasteiger partial charge on any atom is -0.387 e. The molecule has 0 unspecified atom stereocenters. The molecule has 0 atom stereocenters. The predicted molar refractivity (Wildman–Crippen MR) is 76.3 cm³/mol. The van der Waals surface area contributed by atoms with Crippen LogP contribution in [0.2, 0.25) is 0 Å². The summed E-state index contributed by atoms with van der Waals surface area (Å²) < 4.78 is 6.23. The van der Waals surface area contributed by atoms with E-state index in [-0.39, 0.29) is 18.1 Å². The molecule has 0 amide bonds. The standard InChI is InChI=1S/C13H9N3O4S/c17-13-15(14-12(20-13)11-5-2-6-21-11)8-9-3-1-4-10(7-9)16(18)19/h1-7H,8H2. The Labute approximate surface area is 122 Å². The van der Waals surface area contributed by atoms with E-state index in [9.17, 15) is 14.9 Å². The molecule has 0 N–H and O–H groups in total. The highest BCUT2D eigenvalue weighted by atomic mass is 32.1. The zero-order chi connectivity index (χ0) is 14.8. The van der Waals surface area contributed by atoms with Crippen LogP contribution in [-0.2, 0) is 6.54 Å². The van der Waals surface area contributed by atoms with Crippen LogP contribution in [0, 0.1) is 10.1 Å². The van der Waals surface area contributed by atoms with Gasteiger partial charge in [0.25, 0.3) is 11.6 Å². The van der Waals surface area contributed by atoms with Crippen molar-refractivity contribution >= 4 is 17.0 Å². The van der Waals surface area contributed by atoms with Gasteiger partial charge in [-0.1, -0.05) is 18.2 Å². The lowest BCUT2D eigenvalue weighted by Crippen LogP contribution is -2.16. The monoisotopic (exact) mass is 303 g/mol. The molecule has 3 rings (SSSR count). The molecule has 0 saturated carbocycles. The number of nitrogens with zero attached hydrogens (tertiary/aromatic N) is 3. The van der Waals surface area contributed by atoms with Gasteiger partial charge in [0.1, 0.15) is 0 Å². The largest absolute Gasteiger partial charge is 0.437 e. The zero-order valence-corrected chi connectivity index (χ0v) is 11.4. The topological polar surface area (TPSA) is 91.2 Å². The average Bonchev–Trinajstić information content (AvgIpc) is 3.10. The van der Waals surface area contributed by atoms with Gasteiger partial charge in [0, 0.05) is 12.1 Å². The molecule has 0 aliphatic carbocycles. The SMILES string of the molecule is O=c1oc(-c2cccs2)nn1Cc1cccc([N+](=O)[O-])c1. The van der Waals surface area contributed by atoms with Gasteiger partial charge in [0.15, 0.2) is 0 Å². The molecule has 8 heteroatoms. The van der Waals surface area contributed by atoms with E-state index in [1.54, 1.807) is 18.2 Å². The van der Waals surface area contributed by atoms with E-state index in [0.717, 1.165) is 9.56 Å². The molecule has 2 aromatic heterocycles. The third kappa shape index (κ3) is 2.75. The maximum atomic E-state index is 11.8. The van der Waals surface area contributed by atoms with Crippen LogP contribution in [0.3, 0.4) is 0 Å². The minimum absolute atomic E-state index is 0.0254. The molecule has 1 aromatic carbocycles. The number of rotatable bonds is 4. The number of thiophene rings is 1. The Hall–Kier alpha value is -2.74. The first-order chi connectivity index (χ1) is 10.1. The normalized spacial score (nSPS) is 10.7. The molecule has 0 aliphatic rings. The van der Waals surface area contributed by atoms with Crippen molar-refractivity contribution in [1.82, 2.24) is 9.78 Å². The van der Waals surface area contributed by atoms with E-state index < -0.39 is 10.7 Å². The van der Waals surface area contributed by atoms with E-state index >= 15 is 0 Å². The Morgan fingerprint density at radius 2 is 2.19 bits per heavy atom. The molecular formula is C13H9N3O4S. The maximum absolute atomic E-state index is 11.8. The molecule has 7 nitrogen and oxygen atoms in total. The molecule has 21 heavy (non-hydrogen) atoms. The molecular weight excluding hydrogens is 294 g/mol. The zero-order valence-electron chi connectivity index (χ0n) is 10.6. The Morgan fingerprint density at radius 3 is 2.90 bits per heavy atom. The second-order valence-electron chi connectivity index (χ2n) is 4.24. The quantitative estimate of drug-likeness (QED) is 0.545. The summed E-state index contributed by atoms with van der Waals surface area (Å²) >= 11 is 1.41. The lowest BCUT2D eigenvalue weighted by Gasteiger charge is -1.99. The first-order valence-corrected chi connectivity index (χ1v) is 6.86. The van der Waals surface area contributed by atoms with Gasteiger partial charge in [-0.05, 0) is 17.0 Å². The number of nitro benzene ring substituents is 1. The van der Waals surface area contributed by atoms with Gasteiger partial charge in [0.05, 0.1) is 16.3 Å². The summed E-state index contributed by atoms with van der Waals surface area (Å²) in [4.78, 5) is 22.8. The van der Waals surface area contributed by atoms with Crippen molar-refractivity contribution in [3.63, 3.8) is 0 Å². The van der Waals surface area contributed by atoms with Crippen LogP contribution in [0.25, 0.3) is 10.8 Å². The van der Waals surface area contributed by atoms with Crippen molar-refractivity contribution in [2.75, 3.05) is 0 Å². The molecule has 2 heterocycles. The van der Waals surface area contributed by atoms with Gasteiger partial charge >= 0.3 is 5.76 Å². The first kappa shape index (κ1) is 13.3. The number of benzene rings is 1. The Kier molecular flexibility index (Phi) is 3.36. The molecule has 106 valence electrons. The van der Waals surface area contributed by atoms with Gasteiger partial charge in [0.2, 0.25) is 0 Å². The number of hydrogen-bond donors (Lipinski definition) is 0. The third-order valence-electron chi connectivity index (χ3n) is 2.79. The highest BCUT2D eigenvalue weighted by Crippen LogP contribution is 2.21. The van der Waals surface area contributed by atoms with Crippen molar-refractivity contribution in [2.24, 2.45) is 0 Å². The second kappa shape index (κ2) is 5.33. The maximum Gasteiger partial charge on any atom is 0.437 e. The van der Waals surface area contributed by atoms with E-state index in [4.69, 9.17) is 4.42 Å². The Bertz CT molecular complexity index is 835. The molecule has 0 spiro atoms. The van der Waals surface area contributed by atoms with Crippen molar-refractivity contribution in [3.8, 4) is 10.8 Å². The van der Waals surface area contributed by atoms with Crippen molar-refractivity contribution < 1.29 is 9.34 Å². The summed E-state index contributed by atoms with van der Waals surface area (Å²) in [6.07, 6.45) is 0. The third-order valence-corrected chi connectivity index (χ3v) is 3.65. The lowest BCUT2D eigenvalue weighted by molar-refractivity contribution is -0.384. The van der Waals surface area contributed by atoms with E-state index in [1.807, 2.05) is 11.4 Å². The summed E-state index contributed by atoms with van der Waals surface area (Å²) in [5, 5.41) is 16.7. The second-order valence-corrected chi connectivity index (χ2v) is 5.18. The van der Waals surface area contributed by atoms with Gasteiger partial charge in [-0.2, -0.15) is 4.68 Å². The fourth-order valence-electron chi connectivity index (χ4n) is 1.85. The number of nitro groups is 1. The first-order valence-electron chi connectivity index (χ1n) is 5.98. The van der Waals surface area contributed by atoms with E-state index in [1.165, 1.54) is 23.5 Å². The Balaban J connectivity index is 1.90. The molecule has 0 fully saturated rings. The van der Waals surface area contributed by atoms with Crippen LogP contribution in [-0.4, -0.2) is 14.7 Å². The fraction of sp³-hybridized carbons (Fsp3) is 0.0769. The summed E-state index contributed by atoms with van der Waals surface area (Å²) in [5.41, 5.74) is 0.583. The van der Waals surface area contributed by atoms with Crippen LogP contribution in [0.1, 0.15) is 5.56 Å². The summed E-state index contributed by atoms with van der Waals surface area (Å²) in [5.74, 6) is -0.342. The van der Waals surface area contributed by atoms with Gasteiger partial charge < -0.3 is 4.42 Å². The molecule has 0 bridgehead atoms. The summed E-state index contributed by atoms with van der Waals surface area (Å²) in [6, 6.07) is 9.70. The highest BCUT2D eigenvalue weighted by molar-refractivity contribution is 7.13. The van der Waals surface area contributed by atoms with E-state index in [0.29, 0.717) is 5.56 Å². The molecule has 0 saturated heterocycles. The summed E-state index contributed by atoms with van der Waals surface area (Å²) in [7, 11) is 0. The smallest absolute Gasteiger partial charge is 0.387 e. The average molecular weight is 303 g/mol. The highest BCUT2D eigenvalue weighted by Gasteiger charge is 2.12. The van der Waals surface area contributed by atoms with Crippen molar-refractivity contribution in [2.45, 2.75) is 6.54 Å². The van der Waals surface area contributed by atoms with Gasteiger partial charge in [-0.3, -0.25) is 10.1 Å². The predicted octanol–water partition coefficient (Wildman–Crippen LogP) is 2.52. The molecule has 3 aromatic rings. The van der Waals surface area contributed by atoms with Gasteiger partial charge in [-0.15, -0.1) is 16.4 Å². The van der Waals surface area contributed by atoms with Gasteiger partial charge in [-0.25, -0.2) is 4.79 Å². The number of hydrogen-bond acceptors (Lipinski definition) is 6. The van der Waals surface area contributed by atoms with Crippen LogP contribution in [0.4, 0.5) is 5.69 Å². The van der Waals surface area contributed by atoms with Crippen LogP contribution in [0.15, 0.2) is 51.0 Å². The summed E-state index contributed by atoms with van der Waals surface area (Å²) in [6.45, 7) is 0.120. The van der Waals surface area contributed by atoms with Crippen LogP contribution in [0.5, 0.6) is 0 Å². The van der Waals surface area contributed by atoms with Crippen LogP contribution >= 0.6 is 11.3 Å². The Morgan fingerprint density at radius 1 is 1.33 bits per heavy atom. The minimum atomic E-state index is -0.593. The van der Waals surface area contributed by atoms with E-state index in [2.05, 4.69) is 5.10 Å². The lowest BCUT2D eigenvalue weighted by atomic mass is 10.2.